The van der Waals surface area contributed by atoms with Crippen LogP contribution in [0.25, 0.3) is 0 Å². The summed E-state index contributed by atoms with van der Waals surface area (Å²) in [5, 5.41) is -0.0447. The smallest absolute Gasteiger partial charge is 0.312 e. The minimum Gasteiger partial charge on any atom is -0.425 e. The van der Waals surface area contributed by atoms with Gasteiger partial charge in [0.1, 0.15) is 11.6 Å². The van der Waals surface area contributed by atoms with Crippen molar-refractivity contribution in [1.29, 1.82) is 0 Å². The molecule has 0 aliphatic carbocycles. The number of halogens is 1. The van der Waals surface area contributed by atoms with Crippen LogP contribution in [0.3, 0.4) is 0 Å². The highest BCUT2D eigenvalue weighted by Crippen LogP contribution is 2.44. The van der Waals surface area contributed by atoms with E-state index in [2.05, 4.69) is 0 Å². The van der Waals surface area contributed by atoms with Crippen molar-refractivity contribution in [1.82, 2.24) is 0 Å². The predicted octanol–water partition coefficient (Wildman–Crippen LogP) is 3.97. The van der Waals surface area contributed by atoms with Gasteiger partial charge in [0.15, 0.2) is 0 Å². The number of rotatable bonds is 1. The first-order valence-corrected chi connectivity index (χ1v) is 6.82. The van der Waals surface area contributed by atoms with E-state index in [0.29, 0.717) is 5.75 Å². The van der Waals surface area contributed by atoms with E-state index in [1.54, 1.807) is 30.0 Å². The minimum absolute atomic E-state index is 0.0447. The first kappa shape index (κ1) is 12.2. The molecule has 0 saturated heterocycles. The molecule has 3 rings (SSSR count). The Bertz CT molecular complexity index is 610. The SMILES string of the molecule is O=C1CC(c2ccc(F)cc2)Sc2ccccc2O1. The minimum atomic E-state index is -0.273. The number of hydrogen-bond acceptors (Lipinski definition) is 3. The van der Waals surface area contributed by atoms with E-state index in [-0.39, 0.29) is 23.5 Å². The average molecular weight is 274 g/mol. The number of fused-ring (bicyclic) bond motifs is 1. The summed E-state index contributed by atoms with van der Waals surface area (Å²) in [6.45, 7) is 0. The molecule has 0 saturated carbocycles. The molecule has 0 N–H and O–H groups in total. The maximum Gasteiger partial charge on any atom is 0.312 e. The number of carbonyl (C=O) groups is 1. The van der Waals surface area contributed by atoms with Crippen LogP contribution in [0.2, 0.25) is 0 Å². The van der Waals surface area contributed by atoms with Crippen molar-refractivity contribution in [3.05, 3.63) is 59.9 Å². The molecule has 96 valence electrons. The van der Waals surface area contributed by atoms with E-state index in [1.807, 2.05) is 18.2 Å². The molecule has 1 atom stereocenters. The summed E-state index contributed by atoms with van der Waals surface area (Å²) < 4.78 is 18.2. The summed E-state index contributed by atoms with van der Waals surface area (Å²) in [7, 11) is 0. The van der Waals surface area contributed by atoms with Gasteiger partial charge in [-0.15, -0.1) is 11.8 Å². The van der Waals surface area contributed by atoms with Crippen LogP contribution in [0.15, 0.2) is 53.4 Å². The Morgan fingerprint density at radius 1 is 1.11 bits per heavy atom. The van der Waals surface area contributed by atoms with Crippen LogP contribution in [0.1, 0.15) is 17.2 Å². The topological polar surface area (TPSA) is 26.3 Å². The third-order valence-electron chi connectivity index (χ3n) is 2.94. The Labute approximate surface area is 114 Å². The number of hydrogen-bond donors (Lipinski definition) is 0. The molecule has 2 aromatic rings. The van der Waals surface area contributed by atoms with Crippen LogP contribution in [0, 0.1) is 5.82 Å². The standard InChI is InChI=1S/C15H11FO2S/c16-11-7-5-10(6-8-11)14-9-15(17)18-12-3-1-2-4-13(12)19-14/h1-8,14H,9H2. The lowest BCUT2D eigenvalue weighted by Gasteiger charge is -2.12. The van der Waals surface area contributed by atoms with Crippen molar-refractivity contribution in [3.8, 4) is 5.75 Å². The van der Waals surface area contributed by atoms with Crippen LogP contribution in [0.4, 0.5) is 4.39 Å². The molecule has 2 nitrogen and oxygen atoms in total. The molecule has 19 heavy (non-hydrogen) atoms. The molecule has 2 aromatic carbocycles. The second-order valence-corrected chi connectivity index (χ2v) is 5.53. The van der Waals surface area contributed by atoms with Crippen molar-refractivity contribution in [2.45, 2.75) is 16.6 Å². The van der Waals surface area contributed by atoms with E-state index in [0.717, 1.165) is 10.5 Å². The van der Waals surface area contributed by atoms with Gasteiger partial charge in [0, 0.05) is 5.25 Å². The molecule has 0 fully saturated rings. The molecule has 1 heterocycles. The molecule has 1 unspecified atom stereocenters. The fourth-order valence-corrected chi connectivity index (χ4v) is 3.21. The van der Waals surface area contributed by atoms with Gasteiger partial charge < -0.3 is 4.74 Å². The summed E-state index contributed by atoms with van der Waals surface area (Å²) in [6.07, 6.45) is 0.283. The molecule has 0 bridgehead atoms. The van der Waals surface area contributed by atoms with Gasteiger partial charge in [-0.1, -0.05) is 24.3 Å². The summed E-state index contributed by atoms with van der Waals surface area (Å²) in [6, 6.07) is 13.7. The van der Waals surface area contributed by atoms with Gasteiger partial charge in [-0.2, -0.15) is 0 Å². The Balaban J connectivity index is 1.95. The molecule has 0 amide bonds. The number of para-hydroxylation sites is 1. The van der Waals surface area contributed by atoms with Gasteiger partial charge in [0.05, 0.1) is 11.3 Å². The van der Waals surface area contributed by atoms with Crippen LogP contribution < -0.4 is 4.74 Å². The lowest BCUT2D eigenvalue weighted by atomic mass is 10.1. The highest BCUT2D eigenvalue weighted by atomic mass is 32.2. The second-order valence-electron chi connectivity index (χ2n) is 4.28. The number of ether oxygens (including phenoxy) is 1. The number of benzene rings is 2. The van der Waals surface area contributed by atoms with Gasteiger partial charge in [-0.3, -0.25) is 4.79 Å². The molecule has 0 aromatic heterocycles. The van der Waals surface area contributed by atoms with Crippen molar-refractivity contribution < 1.29 is 13.9 Å². The third-order valence-corrected chi connectivity index (χ3v) is 4.25. The molecular weight excluding hydrogens is 263 g/mol. The Morgan fingerprint density at radius 3 is 2.63 bits per heavy atom. The van der Waals surface area contributed by atoms with Gasteiger partial charge >= 0.3 is 5.97 Å². The molecule has 0 radical (unpaired) electrons. The molecule has 1 aliphatic heterocycles. The summed E-state index contributed by atoms with van der Waals surface area (Å²) in [4.78, 5) is 12.7. The lowest BCUT2D eigenvalue weighted by Crippen LogP contribution is -2.09. The molecule has 4 heteroatoms. The fourth-order valence-electron chi connectivity index (χ4n) is 2.01. The Hall–Kier alpha value is -1.81. The summed E-state index contributed by atoms with van der Waals surface area (Å²) in [5.41, 5.74) is 0.931. The van der Waals surface area contributed by atoms with Crippen molar-refractivity contribution in [2.75, 3.05) is 0 Å². The normalized spacial score (nSPS) is 18.4. The van der Waals surface area contributed by atoms with E-state index >= 15 is 0 Å². The van der Waals surface area contributed by atoms with E-state index in [4.69, 9.17) is 4.74 Å². The van der Waals surface area contributed by atoms with Gasteiger partial charge in [-0.05, 0) is 29.8 Å². The Morgan fingerprint density at radius 2 is 1.84 bits per heavy atom. The van der Waals surface area contributed by atoms with Gasteiger partial charge in [0.25, 0.3) is 0 Å². The first-order valence-electron chi connectivity index (χ1n) is 5.94. The number of esters is 1. The van der Waals surface area contributed by atoms with Crippen LogP contribution in [-0.4, -0.2) is 5.97 Å². The van der Waals surface area contributed by atoms with Crippen molar-refractivity contribution >= 4 is 17.7 Å². The zero-order valence-corrected chi connectivity index (χ0v) is 10.8. The second kappa shape index (κ2) is 5.05. The lowest BCUT2D eigenvalue weighted by molar-refractivity contribution is -0.134. The van der Waals surface area contributed by atoms with Crippen LogP contribution >= 0.6 is 11.8 Å². The molecular formula is C15H11FO2S. The monoisotopic (exact) mass is 274 g/mol. The van der Waals surface area contributed by atoms with Crippen LogP contribution in [0.5, 0.6) is 5.75 Å². The van der Waals surface area contributed by atoms with E-state index < -0.39 is 0 Å². The number of carbonyl (C=O) groups excluding carboxylic acids is 1. The molecule has 1 aliphatic rings. The maximum atomic E-state index is 13.0. The zero-order valence-electron chi connectivity index (χ0n) is 10.0. The van der Waals surface area contributed by atoms with E-state index in [9.17, 15) is 9.18 Å². The quantitative estimate of drug-likeness (QED) is 0.581. The maximum absolute atomic E-state index is 13.0. The Kier molecular flexibility index (Phi) is 3.25. The average Bonchev–Trinajstić information content (AvgIpc) is 2.57. The zero-order chi connectivity index (χ0) is 13.2. The van der Waals surface area contributed by atoms with E-state index in [1.165, 1.54) is 12.1 Å². The fraction of sp³-hybridized carbons (Fsp3) is 0.133. The van der Waals surface area contributed by atoms with Crippen molar-refractivity contribution in [3.63, 3.8) is 0 Å². The highest BCUT2D eigenvalue weighted by Gasteiger charge is 2.24. The summed E-state index contributed by atoms with van der Waals surface area (Å²) in [5.74, 6) is 0.0687. The predicted molar refractivity (Wildman–Crippen MR) is 71.7 cm³/mol. The van der Waals surface area contributed by atoms with Crippen LogP contribution in [-0.2, 0) is 4.79 Å². The first-order chi connectivity index (χ1) is 9.22. The summed E-state index contributed by atoms with van der Waals surface area (Å²) >= 11 is 1.57. The third kappa shape index (κ3) is 2.63. The largest absolute Gasteiger partial charge is 0.425 e. The highest BCUT2D eigenvalue weighted by molar-refractivity contribution is 7.99. The van der Waals surface area contributed by atoms with Crippen molar-refractivity contribution in [2.24, 2.45) is 0 Å². The molecule has 0 spiro atoms. The van der Waals surface area contributed by atoms with Gasteiger partial charge in [-0.25, -0.2) is 4.39 Å². The van der Waals surface area contributed by atoms with Gasteiger partial charge in [0.2, 0.25) is 0 Å². The number of thioether (sulfide) groups is 1.